The predicted molar refractivity (Wildman–Crippen MR) is 62.8 cm³/mol. The second kappa shape index (κ2) is 6.76. The molecule has 0 aliphatic carbocycles. The Kier molecular flexibility index (Phi) is 5.64. The van der Waals surface area contributed by atoms with E-state index in [9.17, 15) is 9.59 Å². The Morgan fingerprint density at radius 1 is 1.47 bits per heavy atom. The Hall–Kier alpha value is -0.875. The van der Waals surface area contributed by atoms with E-state index in [-0.39, 0.29) is 49.4 Å². The zero-order valence-electron chi connectivity index (χ0n) is 10.3. The maximum Gasteiger partial charge on any atom is 0.306 e. The Bertz CT molecular complexity index is 285. The van der Waals surface area contributed by atoms with Gasteiger partial charge in [-0.05, 0) is 20.4 Å². The molecule has 94 valence electrons. The molecule has 6 heteroatoms. The minimum Gasteiger partial charge on any atom is -0.463 e. The van der Waals surface area contributed by atoms with E-state index in [2.05, 4.69) is 5.32 Å². The molecule has 0 bridgehead atoms. The van der Waals surface area contributed by atoms with E-state index in [0.29, 0.717) is 6.42 Å². The second-order valence-corrected chi connectivity index (χ2v) is 4.23. The summed E-state index contributed by atoms with van der Waals surface area (Å²) in [7, 11) is 7.46. The fraction of sp³-hybridized carbons (Fsp3) is 0.818. The first kappa shape index (κ1) is 14.2. The average molecular weight is 239 g/mol. The lowest BCUT2D eigenvalue weighted by molar-refractivity contribution is -0.148. The molecular weight excluding hydrogens is 221 g/mol. The smallest absolute Gasteiger partial charge is 0.306 e. The van der Waals surface area contributed by atoms with E-state index >= 15 is 0 Å². The molecule has 1 aliphatic heterocycles. The lowest BCUT2D eigenvalue weighted by Crippen LogP contribution is -2.37. The molecule has 0 aromatic rings. The van der Waals surface area contributed by atoms with Crippen LogP contribution in [0.25, 0.3) is 0 Å². The van der Waals surface area contributed by atoms with Gasteiger partial charge in [-0.3, -0.25) is 4.79 Å². The predicted octanol–water partition coefficient (Wildman–Crippen LogP) is -0.230. The van der Waals surface area contributed by atoms with Gasteiger partial charge in [0.1, 0.15) is 26.3 Å². The lowest BCUT2D eigenvalue weighted by Gasteiger charge is -2.17. The topological polar surface area (TPSA) is 64.6 Å². The van der Waals surface area contributed by atoms with Crippen LogP contribution in [-0.2, 0) is 19.1 Å². The van der Waals surface area contributed by atoms with Gasteiger partial charge in [-0.2, -0.15) is 0 Å². The average Bonchev–Trinajstić information content (AvgIpc) is 2.64. The first-order valence-corrected chi connectivity index (χ1v) is 5.76. The maximum atomic E-state index is 11.3. The van der Waals surface area contributed by atoms with Crippen LogP contribution in [0.1, 0.15) is 26.2 Å². The summed E-state index contributed by atoms with van der Waals surface area (Å²) in [5.74, 6) is -0.395. The summed E-state index contributed by atoms with van der Waals surface area (Å²) in [4.78, 5) is 22.0. The molecule has 0 unspecified atom stereocenters. The van der Waals surface area contributed by atoms with Crippen LogP contribution >= 0.6 is 0 Å². The van der Waals surface area contributed by atoms with Crippen LogP contribution in [0.5, 0.6) is 0 Å². The SMILES string of the molecule is [B][C@H]1C[C@H](NC)[C@@H](COC(=O)CCC(C)=O)O1. The molecule has 0 amide bonds. The highest BCUT2D eigenvalue weighted by Gasteiger charge is 2.32. The molecule has 1 aliphatic rings. The summed E-state index contributed by atoms with van der Waals surface area (Å²) >= 11 is 0. The van der Waals surface area contributed by atoms with E-state index in [0.717, 1.165) is 0 Å². The monoisotopic (exact) mass is 239 g/mol. The first-order valence-electron chi connectivity index (χ1n) is 5.76. The molecule has 0 aromatic heterocycles. The van der Waals surface area contributed by atoms with Gasteiger partial charge >= 0.3 is 5.97 Å². The van der Waals surface area contributed by atoms with Gasteiger partial charge in [0.2, 0.25) is 0 Å². The third-order valence-electron chi connectivity index (χ3n) is 2.75. The molecule has 2 radical (unpaired) electrons. The van der Waals surface area contributed by atoms with Crippen LogP contribution in [0.4, 0.5) is 0 Å². The number of Topliss-reactive ketones (excluding diaryl/α,β-unsaturated/α-hetero) is 1. The first-order chi connectivity index (χ1) is 8.02. The van der Waals surface area contributed by atoms with Crippen molar-refractivity contribution in [3.63, 3.8) is 0 Å². The Morgan fingerprint density at radius 2 is 2.18 bits per heavy atom. The summed E-state index contributed by atoms with van der Waals surface area (Å²) in [5, 5.41) is 3.07. The van der Waals surface area contributed by atoms with Crippen molar-refractivity contribution in [2.24, 2.45) is 0 Å². The van der Waals surface area contributed by atoms with Crippen LogP contribution in [-0.4, -0.2) is 51.4 Å². The van der Waals surface area contributed by atoms with Crippen LogP contribution in [0.15, 0.2) is 0 Å². The van der Waals surface area contributed by atoms with Crippen LogP contribution in [0.2, 0.25) is 0 Å². The molecule has 17 heavy (non-hydrogen) atoms. The van der Waals surface area contributed by atoms with Gasteiger partial charge in [-0.1, -0.05) is 0 Å². The number of hydrogen-bond donors (Lipinski definition) is 1. The standard InChI is InChI=1S/C11H18BNO4/c1-7(14)3-4-11(15)16-6-9-8(13-2)5-10(12)17-9/h8-10,13H,3-6H2,1-2H3/t8-,9+,10+/m0/s1. The number of nitrogens with one attached hydrogen (secondary N) is 1. The van der Waals surface area contributed by atoms with Gasteiger partial charge in [-0.25, -0.2) is 0 Å². The normalized spacial score (nSPS) is 28.0. The second-order valence-electron chi connectivity index (χ2n) is 4.23. The lowest BCUT2D eigenvalue weighted by atomic mass is 9.95. The van der Waals surface area contributed by atoms with E-state index in [1.165, 1.54) is 6.92 Å². The van der Waals surface area contributed by atoms with E-state index in [1.54, 1.807) is 0 Å². The summed E-state index contributed by atoms with van der Waals surface area (Å²) in [6.07, 6.45) is 0.834. The van der Waals surface area contributed by atoms with Gasteiger partial charge in [-0.15, -0.1) is 0 Å². The van der Waals surface area contributed by atoms with Crippen molar-refractivity contribution in [3.05, 3.63) is 0 Å². The molecular formula is C11H18BNO4. The number of carbonyl (C=O) groups excluding carboxylic acids is 2. The van der Waals surface area contributed by atoms with Crippen molar-refractivity contribution in [2.45, 2.75) is 44.3 Å². The van der Waals surface area contributed by atoms with Crippen molar-refractivity contribution in [1.82, 2.24) is 5.32 Å². The molecule has 0 saturated carbocycles. The zero-order valence-corrected chi connectivity index (χ0v) is 10.3. The third kappa shape index (κ3) is 4.87. The fourth-order valence-electron chi connectivity index (χ4n) is 1.76. The molecule has 0 aromatic carbocycles. The fourth-order valence-corrected chi connectivity index (χ4v) is 1.76. The molecule has 1 saturated heterocycles. The highest BCUT2D eigenvalue weighted by Crippen LogP contribution is 2.18. The van der Waals surface area contributed by atoms with Crippen molar-refractivity contribution < 1.29 is 19.1 Å². The van der Waals surface area contributed by atoms with Gasteiger partial charge in [0.15, 0.2) is 0 Å². The Morgan fingerprint density at radius 3 is 2.76 bits per heavy atom. The minimum absolute atomic E-state index is 0.0193. The van der Waals surface area contributed by atoms with Gasteiger partial charge in [0.05, 0.1) is 6.42 Å². The van der Waals surface area contributed by atoms with E-state index < -0.39 is 0 Å². The number of esters is 1. The highest BCUT2D eigenvalue weighted by molar-refractivity contribution is 6.11. The highest BCUT2D eigenvalue weighted by atomic mass is 16.6. The van der Waals surface area contributed by atoms with E-state index in [1.807, 2.05) is 7.05 Å². The minimum atomic E-state index is -0.376. The number of likely N-dealkylation sites (N-methyl/N-ethyl adjacent to an activating group) is 1. The Labute approximate surface area is 103 Å². The zero-order chi connectivity index (χ0) is 12.8. The number of rotatable bonds is 6. The largest absolute Gasteiger partial charge is 0.463 e. The van der Waals surface area contributed by atoms with Crippen LogP contribution < -0.4 is 5.32 Å². The van der Waals surface area contributed by atoms with E-state index in [4.69, 9.17) is 17.3 Å². The number of carbonyl (C=O) groups is 2. The summed E-state index contributed by atoms with van der Waals surface area (Å²) in [6, 6.07) is -0.209. The third-order valence-corrected chi connectivity index (χ3v) is 2.75. The Balaban J connectivity index is 2.25. The molecule has 1 rings (SSSR count). The van der Waals surface area contributed by atoms with Crippen molar-refractivity contribution in [3.8, 4) is 0 Å². The quantitative estimate of drug-likeness (QED) is 0.512. The maximum absolute atomic E-state index is 11.3. The summed E-state index contributed by atoms with van der Waals surface area (Å²) < 4.78 is 10.5. The van der Waals surface area contributed by atoms with Crippen molar-refractivity contribution in [2.75, 3.05) is 13.7 Å². The van der Waals surface area contributed by atoms with Gasteiger partial charge < -0.3 is 19.6 Å². The van der Waals surface area contributed by atoms with Gasteiger partial charge in [0, 0.05) is 18.5 Å². The summed E-state index contributed by atoms with van der Waals surface area (Å²) in [5.41, 5.74) is 0. The number of hydrogen-bond acceptors (Lipinski definition) is 5. The number of ketones is 1. The van der Waals surface area contributed by atoms with Crippen LogP contribution in [0, 0.1) is 0 Å². The molecule has 1 fully saturated rings. The summed E-state index contributed by atoms with van der Waals surface area (Å²) in [6.45, 7) is 1.62. The van der Waals surface area contributed by atoms with Crippen molar-refractivity contribution >= 4 is 19.6 Å². The molecule has 1 heterocycles. The number of ether oxygens (including phenoxy) is 2. The van der Waals surface area contributed by atoms with Gasteiger partial charge in [0.25, 0.3) is 0 Å². The molecule has 0 spiro atoms. The molecule has 3 atom stereocenters. The van der Waals surface area contributed by atoms with Crippen LogP contribution in [0.3, 0.4) is 0 Å². The molecule has 1 N–H and O–H groups in total. The van der Waals surface area contributed by atoms with Crippen molar-refractivity contribution in [1.29, 1.82) is 0 Å². The molecule has 5 nitrogen and oxygen atoms in total.